The van der Waals surface area contributed by atoms with Gasteiger partial charge in [0.05, 0.1) is 6.61 Å². The molecule has 0 bridgehead atoms. The summed E-state index contributed by atoms with van der Waals surface area (Å²) in [7, 11) is 0. The highest BCUT2D eigenvalue weighted by molar-refractivity contribution is 5.82. The number of piperidine rings is 1. The zero-order valence-electron chi connectivity index (χ0n) is 11.7. The zero-order valence-corrected chi connectivity index (χ0v) is 11.7. The third-order valence-corrected chi connectivity index (χ3v) is 5.74. The van der Waals surface area contributed by atoms with Crippen molar-refractivity contribution in [3.8, 4) is 0 Å². The molecule has 108 valence electrons. The number of carbonyl (C=O) groups excluding carboxylic acids is 1. The predicted molar refractivity (Wildman–Crippen MR) is 73.6 cm³/mol. The van der Waals surface area contributed by atoms with Gasteiger partial charge in [-0.3, -0.25) is 4.79 Å². The van der Waals surface area contributed by atoms with E-state index in [1.807, 2.05) is 0 Å². The van der Waals surface area contributed by atoms with Crippen LogP contribution in [-0.2, 0) is 4.79 Å². The number of amides is 1. The lowest BCUT2D eigenvalue weighted by Crippen LogP contribution is -2.40. The van der Waals surface area contributed by atoms with Crippen molar-refractivity contribution in [2.24, 2.45) is 16.7 Å². The minimum absolute atomic E-state index is 0.0220. The van der Waals surface area contributed by atoms with E-state index in [9.17, 15) is 9.90 Å². The first-order chi connectivity index (χ1) is 9.20. The van der Waals surface area contributed by atoms with Crippen molar-refractivity contribution in [2.75, 3.05) is 26.2 Å². The van der Waals surface area contributed by atoms with Gasteiger partial charge in [-0.2, -0.15) is 0 Å². The van der Waals surface area contributed by atoms with Crippen LogP contribution in [0.1, 0.15) is 44.9 Å². The van der Waals surface area contributed by atoms with Gasteiger partial charge in [0.25, 0.3) is 0 Å². The Balaban J connectivity index is 1.50. The molecule has 1 saturated heterocycles. The highest BCUT2D eigenvalue weighted by Gasteiger charge is 2.57. The van der Waals surface area contributed by atoms with Crippen molar-refractivity contribution in [3.05, 3.63) is 0 Å². The van der Waals surface area contributed by atoms with Crippen LogP contribution in [0.3, 0.4) is 0 Å². The van der Waals surface area contributed by atoms with Crippen LogP contribution in [0.25, 0.3) is 0 Å². The molecule has 4 heteroatoms. The molecule has 4 nitrogen and oxygen atoms in total. The third-order valence-electron chi connectivity index (χ3n) is 5.74. The van der Waals surface area contributed by atoms with E-state index in [-0.39, 0.29) is 23.8 Å². The third kappa shape index (κ3) is 2.52. The summed E-state index contributed by atoms with van der Waals surface area (Å²) in [5.41, 5.74) is 0.295. The Morgan fingerprint density at radius 3 is 2.53 bits per heavy atom. The van der Waals surface area contributed by atoms with E-state index in [1.54, 1.807) is 0 Å². The predicted octanol–water partition coefficient (Wildman–Crippen LogP) is 1.04. The molecule has 0 aromatic carbocycles. The lowest BCUT2D eigenvalue weighted by atomic mass is 9.87. The summed E-state index contributed by atoms with van der Waals surface area (Å²) in [5.74, 6) is 0.480. The van der Waals surface area contributed by atoms with Gasteiger partial charge in [-0.05, 0) is 50.6 Å². The van der Waals surface area contributed by atoms with E-state index in [0.717, 1.165) is 45.2 Å². The normalized spacial score (nSPS) is 31.3. The summed E-state index contributed by atoms with van der Waals surface area (Å²) in [5, 5.41) is 16.1. The van der Waals surface area contributed by atoms with Gasteiger partial charge in [0.2, 0.25) is 5.91 Å². The molecule has 3 aliphatic rings. The number of hydrogen-bond donors (Lipinski definition) is 3. The number of aliphatic hydroxyl groups is 1. The summed E-state index contributed by atoms with van der Waals surface area (Å²) in [6.45, 7) is 3.01. The van der Waals surface area contributed by atoms with Crippen LogP contribution in [0.2, 0.25) is 0 Å². The minimum atomic E-state index is -0.0220. The van der Waals surface area contributed by atoms with Gasteiger partial charge in [-0.1, -0.05) is 12.8 Å². The van der Waals surface area contributed by atoms with Crippen LogP contribution < -0.4 is 10.6 Å². The maximum Gasteiger partial charge on any atom is 0.223 e. The van der Waals surface area contributed by atoms with Gasteiger partial charge in [0.15, 0.2) is 0 Å². The van der Waals surface area contributed by atoms with E-state index in [2.05, 4.69) is 10.6 Å². The van der Waals surface area contributed by atoms with Crippen molar-refractivity contribution in [3.63, 3.8) is 0 Å². The number of hydrogen-bond acceptors (Lipinski definition) is 3. The van der Waals surface area contributed by atoms with Crippen molar-refractivity contribution in [2.45, 2.75) is 44.9 Å². The summed E-state index contributed by atoms with van der Waals surface area (Å²) < 4.78 is 0. The topological polar surface area (TPSA) is 61.4 Å². The highest BCUT2D eigenvalue weighted by Crippen LogP contribution is 2.58. The first-order valence-electron chi connectivity index (χ1n) is 7.79. The summed E-state index contributed by atoms with van der Waals surface area (Å²) in [6, 6.07) is 0. The quantitative estimate of drug-likeness (QED) is 0.712. The average molecular weight is 266 g/mol. The maximum absolute atomic E-state index is 12.3. The molecule has 2 aliphatic carbocycles. The lowest BCUT2D eigenvalue weighted by Gasteiger charge is -2.27. The van der Waals surface area contributed by atoms with Crippen LogP contribution in [0.4, 0.5) is 0 Å². The maximum atomic E-state index is 12.3. The second-order valence-electron chi connectivity index (χ2n) is 6.95. The molecule has 1 atom stereocenters. The fourth-order valence-corrected chi connectivity index (χ4v) is 4.11. The number of rotatable bonds is 4. The zero-order chi connectivity index (χ0) is 13.3. The second-order valence-corrected chi connectivity index (χ2v) is 6.95. The second kappa shape index (κ2) is 5.06. The van der Waals surface area contributed by atoms with Gasteiger partial charge in [-0.15, -0.1) is 0 Å². The number of carbonyl (C=O) groups is 1. The largest absolute Gasteiger partial charge is 0.396 e. The molecule has 19 heavy (non-hydrogen) atoms. The van der Waals surface area contributed by atoms with E-state index in [1.165, 1.54) is 12.8 Å². The van der Waals surface area contributed by atoms with Gasteiger partial charge < -0.3 is 15.7 Å². The van der Waals surface area contributed by atoms with E-state index in [0.29, 0.717) is 12.0 Å². The van der Waals surface area contributed by atoms with Gasteiger partial charge in [0.1, 0.15) is 0 Å². The molecule has 0 aromatic rings. The lowest BCUT2D eigenvalue weighted by molar-refractivity contribution is -0.124. The minimum Gasteiger partial charge on any atom is -0.396 e. The molecule has 3 rings (SSSR count). The number of nitrogens with one attached hydrogen (secondary N) is 2. The summed E-state index contributed by atoms with van der Waals surface area (Å²) >= 11 is 0. The molecule has 1 amide bonds. The first-order valence-corrected chi connectivity index (χ1v) is 7.79. The molecule has 0 radical (unpaired) electrons. The van der Waals surface area contributed by atoms with Gasteiger partial charge in [0, 0.05) is 17.9 Å². The average Bonchev–Trinajstić information content (AvgIpc) is 2.93. The Hall–Kier alpha value is -0.610. The molecule has 1 unspecified atom stereocenters. The Labute approximate surface area is 115 Å². The van der Waals surface area contributed by atoms with Crippen LogP contribution in [-0.4, -0.2) is 37.3 Å². The van der Waals surface area contributed by atoms with Gasteiger partial charge >= 0.3 is 0 Å². The van der Waals surface area contributed by atoms with Crippen molar-refractivity contribution in [1.82, 2.24) is 10.6 Å². The molecule has 1 heterocycles. The van der Waals surface area contributed by atoms with E-state index >= 15 is 0 Å². The molecule has 0 aromatic heterocycles. The van der Waals surface area contributed by atoms with Crippen molar-refractivity contribution < 1.29 is 9.90 Å². The summed E-state index contributed by atoms with van der Waals surface area (Å²) in [6.07, 6.45) is 7.87. The Bertz CT molecular complexity index is 344. The number of aliphatic hydroxyl groups excluding tert-OH is 1. The smallest absolute Gasteiger partial charge is 0.223 e. The van der Waals surface area contributed by atoms with E-state index in [4.69, 9.17) is 0 Å². The Morgan fingerprint density at radius 2 is 1.89 bits per heavy atom. The monoisotopic (exact) mass is 266 g/mol. The summed E-state index contributed by atoms with van der Waals surface area (Å²) in [4.78, 5) is 12.3. The van der Waals surface area contributed by atoms with Crippen LogP contribution >= 0.6 is 0 Å². The SMILES string of the molecule is O=C(NCC1(CO)CCCC1)C1CC12CCNCC2. The first kappa shape index (κ1) is 13.4. The molecular formula is C15H26N2O2. The fraction of sp³-hybridized carbons (Fsp3) is 0.933. The van der Waals surface area contributed by atoms with Crippen molar-refractivity contribution >= 4 is 5.91 Å². The molecular weight excluding hydrogens is 240 g/mol. The Morgan fingerprint density at radius 1 is 1.21 bits per heavy atom. The van der Waals surface area contributed by atoms with Crippen LogP contribution in [0.15, 0.2) is 0 Å². The highest BCUT2D eigenvalue weighted by atomic mass is 16.3. The van der Waals surface area contributed by atoms with Crippen molar-refractivity contribution in [1.29, 1.82) is 0 Å². The molecule has 2 saturated carbocycles. The standard InChI is InChI=1S/C15H26N2O2/c18-11-14(3-1-2-4-14)10-17-13(19)12-9-15(12)5-7-16-8-6-15/h12,16,18H,1-11H2,(H,17,19). The molecule has 3 N–H and O–H groups in total. The van der Waals surface area contributed by atoms with Gasteiger partial charge in [-0.25, -0.2) is 0 Å². The van der Waals surface area contributed by atoms with E-state index < -0.39 is 0 Å². The molecule has 1 aliphatic heterocycles. The molecule has 3 fully saturated rings. The fourth-order valence-electron chi connectivity index (χ4n) is 4.11. The van der Waals surface area contributed by atoms with Crippen LogP contribution in [0, 0.1) is 16.7 Å². The molecule has 1 spiro atoms. The van der Waals surface area contributed by atoms with Crippen LogP contribution in [0.5, 0.6) is 0 Å². The Kier molecular flexibility index (Phi) is 3.56.